The number of hydrogen-bond donors (Lipinski definition) is 1. The van der Waals surface area contributed by atoms with Crippen molar-refractivity contribution in [3.63, 3.8) is 0 Å². The molecule has 0 aliphatic rings. The van der Waals surface area contributed by atoms with Crippen molar-refractivity contribution < 1.29 is 9.47 Å². The summed E-state index contributed by atoms with van der Waals surface area (Å²) in [6.07, 6.45) is 0.679. The summed E-state index contributed by atoms with van der Waals surface area (Å²) in [4.78, 5) is 0. The van der Waals surface area contributed by atoms with E-state index in [1.807, 2.05) is 31.2 Å². The third kappa shape index (κ3) is 5.17. The summed E-state index contributed by atoms with van der Waals surface area (Å²) in [7, 11) is 1.67. The fourth-order valence-electron chi connectivity index (χ4n) is 1.65. The van der Waals surface area contributed by atoms with E-state index in [1.54, 1.807) is 7.11 Å². The molecule has 1 aromatic carbocycles. The summed E-state index contributed by atoms with van der Waals surface area (Å²) < 4.78 is 10.7. The van der Waals surface area contributed by atoms with Crippen molar-refractivity contribution >= 4 is 0 Å². The summed E-state index contributed by atoms with van der Waals surface area (Å²) in [6.45, 7) is 3.89. The minimum atomic E-state index is -0.142. The van der Waals surface area contributed by atoms with Gasteiger partial charge in [-0.15, -0.1) is 0 Å². The second-order valence-electron chi connectivity index (χ2n) is 3.96. The van der Waals surface area contributed by atoms with E-state index < -0.39 is 0 Å². The number of nitriles is 1. The molecule has 18 heavy (non-hydrogen) atoms. The number of nitrogens with zero attached hydrogens (tertiary/aromatic N) is 1. The lowest BCUT2D eigenvalue weighted by atomic mass is 10.2. The second kappa shape index (κ2) is 8.51. The SMILES string of the molecule is CCNC(C#N)CCOc1cccc(COC)c1. The van der Waals surface area contributed by atoms with Gasteiger partial charge in [-0.1, -0.05) is 19.1 Å². The molecule has 1 atom stereocenters. The maximum Gasteiger partial charge on any atom is 0.119 e. The van der Waals surface area contributed by atoms with Gasteiger partial charge in [0.1, 0.15) is 5.75 Å². The van der Waals surface area contributed by atoms with Crippen LogP contribution in [0.2, 0.25) is 0 Å². The summed E-state index contributed by atoms with van der Waals surface area (Å²) in [5.74, 6) is 0.817. The highest BCUT2D eigenvalue weighted by atomic mass is 16.5. The van der Waals surface area contributed by atoms with Gasteiger partial charge in [-0.2, -0.15) is 5.26 Å². The largest absolute Gasteiger partial charge is 0.493 e. The van der Waals surface area contributed by atoms with Gasteiger partial charge in [0.15, 0.2) is 0 Å². The van der Waals surface area contributed by atoms with E-state index in [9.17, 15) is 0 Å². The molecule has 0 bridgehead atoms. The van der Waals surface area contributed by atoms with Gasteiger partial charge in [0.25, 0.3) is 0 Å². The van der Waals surface area contributed by atoms with Crippen molar-refractivity contribution in [2.24, 2.45) is 0 Å². The number of methoxy groups -OCH3 is 1. The molecule has 98 valence electrons. The third-order valence-electron chi connectivity index (χ3n) is 2.49. The lowest BCUT2D eigenvalue weighted by Gasteiger charge is -2.11. The Bertz CT molecular complexity index is 388. The molecule has 0 spiro atoms. The summed E-state index contributed by atoms with van der Waals surface area (Å²) >= 11 is 0. The van der Waals surface area contributed by atoms with E-state index in [0.29, 0.717) is 19.6 Å². The molecule has 0 radical (unpaired) electrons. The topological polar surface area (TPSA) is 54.3 Å². The van der Waals surface area contributed by atoms with Crippen LogP contribution in [0.5, 0.6) is 5.75 Å². The Hall–Kier alpha value is -1.57. The van der Waals surface area contributed by atoms with Crippen LogP contribution in [-0.4, -0.2) is 26.3 Å². The predicted octanol–water partition coefficient (Wildman–Crippen LogP) is 2.10. The summed E-state index contributed by atoms with van der Waals surface area (Å²) in [5, 5.41) is 12.0. The average molecular weight is 248 g/mol. The number of benzene rings is 1. The molecule has 0 heterocycles. The fraction of sp³-hybridized carbons (Fsp3) is 0.500. The van der Waals surface area contributed by atoms with Gasteiger partial charge >= 0.3 is 0 Å². The van der Waals surface area contributed by atoms with Crippen molar-refractivity contribution in [1.29, 1.82) is 5.26 Å². The number of rotatable bonds is 8. The van der Waals surface area contributed by atoms with Gasteiger partial charge < -0.3 is 14.8 Å². The Balaban J connectivity index is 2.39. The second-order valence-corrected chi connectivity index (χ2v) is 3.96. The van der Waals surface area contributed by atoms with Crippen LogP contribution in [0.1, 0.15) is 18.9 Å². The van der Waals surface area contributed by atoms with Crippen molar-refractivity contribution in [3.05, 3.63) is 29.8 Å². The zero-order chi connectivity index (χ0) is 13.2. The summed E-state index contributed by atoms with van der Waals surface area (Å²) in [5.41, 5.74) is 1.08. The maximum atomic E-state index is 8.88. The van der Waals surface area contributed by atoms with Crippen LogP contribution < -0.4 is 10.1 Å². The van der Waals surface area contributed by atoms with Crippen LogP contribution in [0.15, 0.2) is 24.3 Å². The predicted molar refractivity (Wildman–Crippen MR) is 70.3 cm³/mol. The lowest BCUT2D eigenvalue weighted by Crippen LogP contribution is -2.28. The summed E-state index contributed by atoms with van der Waals surface area (Å²) in [6, 6.07) is 9.87. The van der Waals surface area contributed by atoms with E-state index in [-0.39, 0.29) is 6.04 Å². The van der Waals surface area contributed by atoms with Crippen LogP contribution in [0.3, 0.4) is 0 Å². The van der Waals surface area contributed by atoms with Crippen molar-refractivity contribution in [1.82, 2.24) is 5.32 Å². The molecule has 0 saturated heterocycles. The van der Waals surface area contributed by atoms with Gasteiger partial charge in [-0.3, -0.25) is 0 Å². The Labute approximate surface area is 109 Å². The first-order chi connectivity index (χ1) is 8.80. The van der Waals surface area contributed by atoms with Gasteiger partial charge in [0.05, 0.1) is 25.3 Å². The Morgan fingerprint density at radius 1 is 1.44 bits per heavy atom. The molecule has 1 N–H and O–H groups in total. The Morgan fingerprint density at radius 2 is 2.28 bits per heavy atom. The maximum absolute atomic E-state index is 8.88. The Kier molecular flexibility index (Phi) is 6.85. The fourth-order valence-corrected chi connectivity index (χ4v) is 1.65. The minimum absolute atomic E-state index is 0.142. The van der Waals surface area contributed by atoms with Crippen LogP contribution in [-0.2, 0) is 11.3 Å². The first-order valence-electron chi connectivity index (χ1n) is 6.13. The Morgan fingerprint density at radius 3 is 2.94 bits per heavy atom. The van der Waals surface area contributed by atoms with Gasteiger partial charge in [-0.05, 0) is 24.2 Å². The molecular weight excluding hydrogens is 228 g/mol. The quantitative estimate of drug-likeness (QED) is 0.765. The molecule has 0 aliphatic carbocycles. The van der Waals surface area contributed by atoms with Crippen LogP contribution in [0.25, 0.3) is 0 Å². The molecule has 1 unspecified atom stereocenters. The van der Waals surface area contributed by atoms with E-state index in [2.05, 4.69) is 11.4 Å². The first-order valence-corrected chi connectivity index (χ1v) is 6.13. The highest BCUT2D eigenvalue weighted by molar-refractivity contribution is 5.28. The molecule has 0 aromatic heterocycles. The first kappa shape index (κ1) is 14.5. The third-order valence-corrected chi connectivity index (χ3v) is 2.49. The molecule has 1 aromatic rings. The molecule has 0 amide bonds. The standard InChI is InChI=1S/C14H20N2O2/c1-3-16-13(10-15)7-8-18-14-6-4-5-12(9-14)11-17-2/h4-6,9,13,16H,3,7-8,11H2,1-2H3. The van der Waals surface area contributed by atoms with Crippen LogP contribution >= 0.6 is 0 Å². The molecule has 0 aliphatic heterocycles. The zero-order valence-electron chi connectivity index (χ0n) is 11.0. The number of nitrogens with one attached hydrogen (secondary N) is 1. The van der Waals surface area contributed by atoms with E-state index in [0.717, 1.165) is 17.9 Å². The van der Waals surface area contributed by atoms with Gasteiger partial charge in [0.2, 0.25) is 0 Å². The molecule has 0 fully saturated rings. The molecule has 4 nitrogen and oxygen atoms in total. The normalized spacial score (nSPS) is 11.8. The monoisotopic (exact) mass is 248 g/mol. The van der Waals surface area contributed by atoms with Crippen LogP contribution in [0.4, 0.5) is 0 Å². The smallest absolute Gasteiger partial charge is 0.119 e. The lowest BCUT2D eigenvalue weighted by molar-refractivity contribution is 0.184. The highest BCUT2D eigenvalue weighted by Gasteiger charge is 2.05. The van der Waals surface area contributed by atoms with E-state index in [1.165, 1.54) is 0 Å². The van der Waals surface area contributed by atoms with Crippen molar-refractivity contribution in [2.75, 3.05) is 20.3 Å². The molecule has 0 saturated carbocycles. The molecular formula is C14H20N2O2. The van der Waals surface area contributed by atoms with Gasteiger partial charge in [0, 0.05) is 13.5 Å². The molecule has 1 rings (SSSR count). The average Bonchev–Trinajstić information content (AvgIpc) is 2.38. The van der Waals surface area contributed by atoms with Crippen molar-refractivity contribution in [2.45, 2.75) is 26.0 Å². The number of ether oxygens (including phenoxy) is 2. The zero-order valence-corrected chi connectivity index (χ0v) is 11.0. The highest BCUT2D eigenvalue weighted by Crippen LogP contribution is 2.14. The van der Waals surface area contributed by atoms with E-state index >= 15 is 0 Å². The van der Waals surface area contributed by atoms with Gasteiger partial charge in [-0.25, -0.2) is 0 Å². The molecule has 4 heteroatoms. The minimum Gasteiger partial charge on any atom is -0.493 e. The van der Waals surface area contributed by atoms with E-state index in [4.69, 9.17) is 14.7 Å². The number of hydrogen-bond acceptors (Lipinski definition) is 4. The van der Waals surface area contributed by atoms with Crippen LogP contribution in [0, 0.1) is 11.3 Å². The van der Waals surface area contributed by atoms with Crippen molar-refractivity contribution in [3.8, 4) is 11.8 Å².